The number of nitrogens with zero attached hydrogens (tertiary/aromatic N) is 4. The van der Waals surface area contributed by atoms with Crippen LogP contribution in [0.5, 0.6) is 0 Å². The number of H-pyrrole nitrogens is 2. The Morgan fingerprint density at radius 3 is 1.81 bits per heavy atom. The van der Waals surface area contributed by atoms with Crippen molar-refractivity contribution in [2.75, 3.05) is 0 Å². The molecule has 6 aromatic rings. The molecule has 6 rings (SSSR count). The van der Waals surface area contributed by atoms with E-state index in [0.29, 0.717) is 21.4 Å². The first-order valence-corrected chi connectivity index (χ1v) is 31.2. The monoisotopic (exact) mass is 766 g/mol. The van der Waals surface area contributed by atoms with Gasteiger partial charge in [-0.1, -0.05) is 11.6 Å². The molecule has 0 spiro atoms. The normalized spacial score (nSPS) is 9.94. The minimum absolute atomic E-state index is 0. The van der Waals surface area contributed by atoms with E-state index < -0.39 is 15.4 Å². The number of fused-ring (bicyclic) bond motifs is 2. The number of nitrogens with one attached hydrogen (secondary N) is 2. The third kappa shape index (κ3) is 16.2. The fourth-order valence-corrected chi connectivity index (χ4v) is 3.90. The number of aryl methyl sites for hydroxylation is 2. The molecule has 0 amide bonds. The molecule has 48 heavy (non-hydrogen) atoms. The van der Waals surface area contributed by atoms with E-state index in [1.807, 2.05) is 31.2 Å². The molecular formula is C28H24BClK3N6O8P. The molecule has 0 bridgehead atoms. The maximum absolute atomic E-state index is 11.6. The first-order chi connectivity index (χ1) is 22.5. The Labute approximate surface area is 368 Å². The summed E-state index contributed by atoms with van der Waals surface area (Å²) in [7, 11) is -4.54. The minimum atomic E-state index is -3.15. The predicted octanol–water partition coefficient (Wildman–Crippen LogP) is -2.52. The summed E-state index contributed by atoms with van der Waals surface area (Å²) in [5.74, 6) is 0. The van der Waals surface area contributed by atoms with Crippen LogP contribution in [0.4, 0.5) is 0 Å². The number of aromatic amines is 2. The summed E-state index contributed by atoms with van der Waals surface area (Å²) in [6.07, 6.45) is 9.61. The molecule has 20 heteroatoms. The summed E-state index contributed by atoms with van der Waals surface area (Å²) in [6, 6.07) is 14.3. The molecule has 0 aliphatic heterocycles. The van der Waals surface area contributed by atoms with Crippen molar-refractivity contribution in [1.29, 1.82) is 0 Å². The van der Waals surface area contributed by atoms with Crippen molar-refractivity contribution in [3.8, 4) is 11.3 Å². The van der Waals surface area contributed by atoms with E-state index >= 15 is 0 Å². The van der Waals surface area contributed by atoms with Crippen LogP contribution >= 0.6 is 19.9 Å². The van der Waals surface area contributed by atoms with E-state index in [-0.39, 0.29) is 62.5 Å². The van der Waals surface area contributed by atoms with Crippen molar-refractivity contribution in [1.82, 2.24) is 29.9 Å². The summed E-state index contributed by atoms with van der Waals surface area (Å²) >= 11 is 8.15. The van der Waals surface area contributed by atoms with Crippen LogP contribution in [0, 0.1) is 13.8 Å². The zero-order valence-electron chi connectivity index (χ0n) is 26.6. The van der Waals surface area contributed by atoms with Gasteiger partial charge < -0.3 is 30.2 Å². The van der Waals surface area contributed by atoms with Gasteiger partial charge in [0.2, 0.25) is 0 Å². The van der Waals surface area contributed by atoms with Crippen molar-refractivity contribution in [3.05, 3.63) is 123 Å². The molecule has 14 nitrogen and oxygen atoms in total. The molecule has 0 aliphatic rings. The summed E-state index contributed by atoms with van der Waals surface area (Å²) in [5.41, 5.74) is 3.80. The fraction of sp³-hybridized carbons (Fsp3) is 0.0714. The zero-order chi connectivity index (χ0) is 34.9. The van der Waals surface area contributed by atoms with Gasteiger partial charge in [-0.3, -0.25) is 24.5 Å². The van der Waals surface area contributed by atoms with Crippen molar-refractivity contribution in [2.24, 2.45) is 0 Å². The second kappa shape index (κ2) is 25.2. The molecule has 0 radical (unpaired) electrons. The Hall–Kier alpha value is 0.184. The van der Waals surface area contributed by atoms with Crippen LogP contribution < -0.4 is 78.1 Å². The SMILES string of the molecule is Cc1cc(-c2cc3cc[nH]c(=O)c3cn2)ccn1.Cc1cc(B(O)O)ccn1.O=[P+]([O-])O[O-].O=c1[nH]ccc2cc(Cl)ncc12.[K+].[K][K]. The number of pyridine rings is 6. The molecule has 0 aliphatic carbocycles. The maximum atomic E-state index is 11.6. The van der Waals surface area contributed by atoms with Gasteiger partial charge in [-0.25, -0.2) is 9.66 Å². The first-order valence-electron chi connectivity index (χ1n) is 13.7. The third-order valence-corrected chi connectivity index (χ3v) is 6.08. The number of hydrogen-bond donors (Lipinski definition) is 4. The molecule has 0 saturated carbocycles. The number of hydrogen-bond acceptors (Lipinski definition) is 12. The van der Waals surface area contributed by atoms with Gasteiger partial charge in [-0.15, -0.1) is 0 Å². The number of halogens is 1. The Morgan fingerprint density at radius 2 is 1.33 bits per heavy atom. The van der Waals surface area contributed by atoms with Gasteiger partial charge in [-0.05, 0) is 83.2 Å². The van der Waals surface area contributed by atoms with E-state index in [1.54, 1.807) is 62.2 Å². The Morgan fingerprint density at radius 1 is 0.833 bits per heavy atom. The van der Waals surface area contributed by atoms with Gasteiger partial charge >= 0.3 is 130 Å². The molecule has 0 aromatic carbocycles. The molecule has 0 saturated heterocycles. The van der Waals surface area contributed by atoms with E-state index in [4.69, 9.17) is 36.4 Å². The van der Waals surface area contributed by atoms with Crippen LogP contribution in [-0.2, 0) is 9.24 Å². The average Bonchev–Trinajstić information content (AvgIpc) is 3.06. The van der Waals surface area contributed by atoms with Gasteiger partial charge in [0.05, 0.1) is 16.5 Å². The van der Waals surface area contributed by atoms with Gasteiger partial charge in [0.15, 0.2) is 0 Å². The Balaban J connectivity index is 0.000000337. The van der Waals surface area contributed by atoms with Crippen LogP contribution in [0.25, 0.3) is 32.8 Å². The summed E-state index contributed by atoms with van der Waals surface area (Å²) in [4.78, 5) is 53.0. The topological polar surface area (TPSA) is 230 Å². The molecule has 1 unspecified atom stereocenters. The first kappa shape index (κ1) is 46.2. The quantitative estimate of drug-likeness (QED) is 0.0481. The molecule has 0 fully saturated rings. The Bertz CT molecular complexity index is 2040. The van der Waals surface area contributed by atoms with E-state index in [2.05, 4.69) is 34.6 Å². The van der Waals surface area contributed by atoms with Crippen molar-refractivity contribution in [2.45, 2.75) is 13.8 Å². The van der Waals surface area contributed by atoms with Crippen molar-refractivity contribution >= 4 is 117 Å². The summed E-state index contributed by atoms with van der Waals surface area (Å²) < 4.78 is 11.3. The van der Waals surface area contributed by atoms with E-state index in [9.17, 15) is 9.59 Å². The summed E-state index contributed by atoms with van der Waals surface area (Å²) in [6.45, 7) is 3.74. The van der Waals surface area contributed by atoms with Crippen LogP contribution in [0.1, 0.15) is 11.4 Å². The molecular weight excluding hydrogens is 743 g/mol. The summed E-state index contributed by atoms with van der Waals surface area (Å²) in [5, 5.41) is 29.1. The van der Waals surface area contributed by atoms with Crippen LogP contribution in [-0.4, -0.2) is 110 Å². The van der Waals surface area contributed by atoms with Gasteiger partial charge in [0, 0.05) is 54.1 Å². The van der Waals surface area contributed by atoms with Crippen LogP contribution in [0.3, 0.4) is 0 Å². The second-order valence-corrected chi connectivity index (χ2v) is 9.94. The van der Waals surface area contributed by atoms with E-state index in [1.165, 1.54) is 69.4 Å². The molecule has 4 N–H and O–H groups in total. The van der Waals surface area contributed by atoms with Crippen LogP contribution in [0.15, 0.2) is 95.3 Å². The van der Waals surface area contributed by atoms with E-state index in [0.717, 1.165) is 33.4 Å². The van der Waals surface area contributed by atoms with Crippen LogP contribution in [0.2, 0.25) is 5.15 Å². The van der Waals surface area contributed by atoms with Gasteiger partial charge in [0.1, 0.15) is 5.15 Å². The zero-order valence-corrected chi connectivity index (χ0v) is 37.6. The third-order valence-electron chi connectivity index (χ3n) is 5.75. The molecule has 1 atom stereocenters. The fourth-order valence-electron chi connectivity index (χ4n) is 3.73. The standard InChI is InChI=1S/C14H11N3O.C8H5ClN2O.C6H8BNO2.3K.HO4P/c1-9-6-11(3-4-15-9)13-7-10-2-5-16-14(18)12(10)8-17-13;9-7-3-5-1-2-10-8(12)6(5)4-11-7;1-5-4-6(7(9)10)2-3-8-5;;;;1-4-5(2)3/h2-8H,1H3,(H,16,18);1-4H,(H,10,12);2-4,9-10H,1H3;;;;1H/q;;;;;+1;/p-1. The number of rotatable bonds is 3. The van der Waals surface area contributed by atoms with Gasteiger partial charge in [-0.2, -0.15) is 0 Å². The van der Waals surface area contributed by atoms with Gasteiger partial charge in [0.25, 0.3) is 11.1 Å². The Kier molecular flexibility index (Phi) is 24.3. The van der Waals surface area contributed by atoms with Crippen molar-refractivity contribution < 1.29 is 80.8 Å². The van der Waals surface area contributed by atoms with Crippen molar-refractivity contribution in [3.63, 3.8) is 0 Å². The molecule has 232 valence electrons. The molecule has 6 heterocycles. The second-order valence-electron chi connectivity index (χ2n) is 8.95. The average molecular weight is 767 g/mol. The predicted molar refractivity (Wildman–Crippen MR) is 177 cm³/mol. The molecule has 6 aromatic heterocycles. The number of aromatic nitrogens is 6.